The van der Waals surface area contributed by atoms with E-state index >= 15 is 0 Å². The quantitative estimate of drug-likeness (QED) is 0.731. The molecule has 1 aromatic carbocycles. The average molecular weight is 413 g/mol. The van der Waals surface area contributed by atoms with Crippen LogP contribution in [0.15, 0.2) is 24.4 Å². The van der Waals surface area contributed by atoms with Gasteiger partial charge in [0.15, 0.2) is 0 Å². The molecule has 0 atom stereocenters. The van der Waals surface area contributed by atoms with Crippen LogP contribution >= 0.6 is 0 Å². The van der Waals surface area contributed by atoms with Crippen LogP contribution in [-0.2, 0) is 16.0 Å². The number of piperazine rings is 1. The van der Waals surface area contributed by atoms with E-state index in [1.807, 2.05) is 29.3 Å². The molecule has 7 nitrogen and oxygen atoms in total. The minimum absolute atomic E-state index is 0.0220. The molecule has 1 aromatic heterocycles. The summed E-state index contributed by atoms with van der Waals surface area (Å²) < 4.78 is 5.29. The second-order valence-corrected chi connectivity index (χ2v) is 8.40. The molecule has 2 aromatic rings. The van der Waals surface area contributed by atoms with Gasteiger partial charge in [-0.25, -0.2) is 0 Å². The van der Waals surface area contributed by atoms with Crippen molar-refractivity contribution in [2.75, 3.05) is 46.4 Å². The maximum absolute atomic E-state index is 12.5. The molecular formula is C23H32N4O3. The van der Waals surface area contributed by atoms with Crippen molar-refractivity contribution in [2.45, 2.75) is 32.1 Å². The van der Waals surface area contributed by atoms with E-state index < -0.39 is 0 Å². The highest BCUT2D eigenvalue weighted by Crippen LogP contribution is 2.27. The normalized spacial score (nSPS) is 18.1. The molecule has 1 aliphatic carbocycles. The van der Waals surface area contributed by atoms with E-state index in [9.17, 15) is 9.59 Å². The molecular weight excluding hydrogens is 380 g/mol. The van der Waals surface area contributed by atoms with Gasteiger partial charge in [0.2, 0.25) is 11.8 Å². The summed E-state index contributed by atoms with van der Waals surface area (Å²) in [6, 6.07) is 5.83. The number of carbonyl (C=O) groups is 2. The topological polar surface area (TPSA) is 77.7 Å². The van der Waals surface area contributed by atoms with E-state index in [2.05, 4.69) is 15.2 Å². The summed E-state index contributed by atoms with van der Waals surface area (Å²) in [4.78, 5) is 32.5. The number of rotatable bonds is 7. The number of aromatic nitrogens is 1. The van der Waals surface area contributed by atoms with Crippen LogP contribution < -0.4 is 10.1 Å². The molecule has 2 N–H and O–H groups in total. The minimum atomic E-state index is 0.0220. The molecule has 2 aliphatic rings. The summed E-state index contributed by atoms with van der Waals surface area (Å²) in [7, 11) is 1.64. The van der Waals surface area contributed by atoms with Gasteiger partial charge < -0.3 is 19.9 Å². The van der Waals surface area contributed by atoms with E-state index in [1.165, 1.54) is 12.8 Å². The predicted octanol–water partition coefficient (Wildman–Crippen LogP) is 2.17. The zero-order chi connectivity index (χ0) is 20.9. The number of carbonyl (C=O) groups excluding carboxylic acids is 2. The molecule has 2 heterocycles. The van der Waals surface area contributed by atoms with E-state index in [0.717, 1.165) is 67.8 Å². The fraction of sp³-hybridized carbons (Fsp3) is 0.565. The Morgan fingerprint density at radius 1 is 1.17 bits per heavy atom. The van der Waals surface area contributed by atoms with Crippen LogP contribution in [0.2, 0.25) is 0 Å². The first-order valence-corrected chi connectivity index (χ1v) is 11.1. The number of amides is 2. The van der Waals surface area contributed by atoms with Crippen LogP contribution in [0, 0.1) is 5.92 Å². The number of hydrogen-bond acceptors (Lipinski definition) is 4. The Morgan fingerprint density at radius 3 is 2.67 bits per heavy atom. The lowest BCUT2D eigenvalue weighted by Gasteiger charge is -2.36. The van der Waals surface area contributed by atoms with E-state index in [1.54, 1.807) is 7.11 Å². The Labute approximate surface area is 177 Å². The zero-order valence-electron chi connectivity index (χ0n) is 17.8. The summed E-state index contributed by atoms with van der Waals surface area (Å²) in [5, 5.41) is 4.05. The van der Waals surface area contributed by atoms with Crippen molar-refractivity contribution in [1.29, 1.82) is 0 Å². The Bertz CT molecular complexity index is 880. The summed E-state index contributed by atoms with van der Waals surface area (Å²) >= 11 is 0. The van der Waals surface area contributed by atoms with Gasteiger partial charge in [0.05, 0.1) is 13.5 Å². The molecule has 2 fully saturated rings. The Hall–Kier alpha value is -2.54. The Morgan fingerprint density at radius 2 is 1.93 bits per heavy atom. The molecule has 4 rings (SSSR count). The second kappa shape index (κ2) is 9.51. The third-order valence-corrected chi connectivity index (χ3v) is 6.46. The fourth-order valence-electron chi connectivity index (χ4n) is 4.64. The minimum Gasteiger partial charge on any atom is -0.497 e. The lowest BCUT2D eigenvalue weighted by atomic mass is 10.1. The van der Waals surface area contributed by atoms with Crippen molar-refractivity contribution in [3.05, 3.63) is 30.0 Å². The molecule has 30 heavy (non-hydrogen) atoms. The highest BCUT2D eigenvalue weighted by Gasteiger charge is 2.29. The number of methoxy groups -OCH3 is 1. The van der Waals surface area contributed by atoms with Gasteiger partial charge in [-0.15, -0.1) is 0 Å². The first-order valence-electron chi connectivity index (χ1n) is 11.1. The molecule has 162 valence electrons. The van der Waals surface area contributed by atoms with Crippen LogP contribution in [0.4, 0.5) is 0 Å². The first-order chi connectivity index (χ1) is 14.6. The van der Waals surface area contributed by atoms with Crippen molar-refractivity contribution >= 4 is 22.7 Å². The molecule has 0 spiro atoms. The molecule has 1 aliphatic heterocycles. The Kier molecular flexibility index (Phi) is 6.57. The van der Waals surface area contributed by atoms with Crippen LogP contribution in [0.5, 0.6) is 5.75 Å². The number of H-pyrrole nitrogens is 1. The highest BCUT2D eigenvalue weighted by atomic mass is 16.5. The van der Waals surface area contributed by atoms with Crippen LogP contribution in [0.3, 0.4) is 0 Å². The summed E-state index contributed by atoms with van der Waals surface area (Å²) in [6.45, 7) is 4.83. The number of aromatic amines is 1. The lowest BCUT2D eigenvalue weighted by Crippen LogP contribution is -2.51. The second-order valence-electron chi connectivity index (χ2n) is 8.40. The van der Waals surface area contributed by atoms with Crippen molar-refractivity contribution in [2.24, 2.45) is 5.92 Å². The van der Waals surface area contributed by atoms with Gasteiger partial charge in [-0.1, -0.05) is 12.8 Å². The smallest absolute Gasteiger partial charge is 0.225 e. The maximum atomic E-state index is 12.5. The highest BCUT2D eigenvalue weighted by molar-refractivity contribution is 5.89. The average Bonchev–Trinajstić information content (AvgIpc) is 3.44. The number of ether oxygens (including phenoxy) is 1. The van der Waals surface area contributed by atoms with E-state index in [4.69, 9.17) is 4.74 Å². The predicted molar refractivity (Wildman–Crippen MR) is 117 cm³/mol. The van der Waals surface area contributed by atoms with Gasteiger partial charge >= 0.3 is 0 Å². The third kappa shape index (κ3) is 4.78. The Balaban J connectivity index is 1.19. The molecule has 0 bridgehead atoms. The van der Waals surface area contributed by atoms with Gasteiger partial charge in [0.1, 0.15) is 5.75 Å². The van der Waals surface area contributed by atoms with Crippen LogP contribution in [0.1, 0.15) is 31.2 Å². The summed E-state index contributed by atoms with van der Waals surface area (Å²) in [6.07, 6.45) is 6.76. The van der Waals surface area contributed by atoms with Crippen LogP contribution in [-0.4, -0.2) is 73.0 Å². The van der Waals surface area contributed by atoms with Crippen molar-refractivity contribution < 1.29 is 14.3 Å². The standard InChI is InChI=1S/C23H32N4O3/c1-30-19-6-7-21-20(15-19)18(16-25-21)14-22(28)24-8-9-26-10-12-27(13-11-26)23(29)17-4-2-3-5-17/h6-7,15-17,25H,2-5,8-14H2,1H3,(H,24,28). The largest absolute Gasteiger partial charge is 0.497 e. The van der Waals surface area contributed by atoms with E-state index in [-0.39, 0.29) is 11.8 Å². The van der Waals surface area contributed by atoms with Gasteiger partial charge in [-0.2, -0.15) is 0 Å². The van der Waals surface area contributed by atoms with Crippen molar-refractivity contribution in [3.63, 3.8) is 0 Å². The van der Waals surface area contributed by atoms with Crippen LogP contribution in [0.25, 0.3) is 10.9 Å². The van der Waals surface area contributed by atoms with Crippen molar-refractivity contribution in [1.82, 2.24) is 20.1 Å². The van der Waals surface area contributed by atoms with Gasteiger partial charge in [-0.05, 0) is 36.6 Å². The molecule has 2 amide bonds. The number of fused-ring (bicyclic) bond motifs is 1. The molecule has 7 heteroatoms. The van der Waals surface area contributed by atoms with Gasteiger partial charge in [0.25, 0.3) is 0 Å². The zero-order valence-corrected chi connectivity index (χ0v) is 17.8. The third-order valence-electron chi connectivity index (χ3n) is 6.46. The lowest BCUT2D eigenvalue weighted by molar-refractivity contribution is -0.137. The number of nitrogens with zero attached hydrogens (tertiary/aromatic N) is 2. The van der Waals surface area contributed by atoms with Crippen molar-refractivity contribution in [3.8, 4) is 5.75 Å². The van der Waals surface area contributed by atoms with Gasteiger partial charge in [-0.3, -0.25) is 14.5 Å². The first kappa shape index (κ1) is 20.7. The van der Waals surface area contributed by atoms with Gasteiger partial charge in [0, 0.05) is 62.3 Å². The maximum Gasteiger partial charge on any atom is 0.225 e. The molecule has 0 unspecified atom stereocenters. The number of hydrogen-bond donors (Lipinski definition) is 2. The SMILES string of the molecule is COc1ccc2[nH]cc(CC(=O)NCCN3CCN(C(=O)C4CCCC4)CC3)c2c1. The summed E-state index contributed by atoms with van der Waals surface area (Å²) in [5.74, 6) is 1.43. The fourth-order valence-corrected chi connectivity index (χ4v) is 4.64. The number of benzene rings is 1. The number of nitrogens with one attached hydrogen (secondary N) is 2. The molecule has 1 saturated carbocycles. The monoisotopic (exact) mass is 412 g/mol. The molecule has 1 saturated heterocycles. The van der Waals surface area contributed by atoms with E-state index in [0.29, 0.717) is 18.9 Å². The summed E-state index contributed by atoms with van der Waals surface area (Å²) in [5.41, 5.74) is 1.98. The molecule has 0 radical (unpaired) electrons.